The van der Waals surface area contributed by atoms with Crippen LogP contribution in [0, 0.1) is 3.57 Å². The molecule has 29 heavy (non-hydrogen) atoms. The minimum atomic E-state index is -0.263. The highest BCUT2D eigenvalue weighted by Gasteiger charge is 2.11. The summed E-state index contributed by atoms with van der Waals surface area (Å²) in [5.41, 5.74) is 3.49. The molecule has 0 aliphatic heterocycles. The normalized spacial score (nSPS) is 10.7. The predicted octanol–water partition coefficient (Wildman–Crippen LogP) is 5.99. The molecule has 1 heterocycles. The molecule has 0 bridgehead atoms. The van der Waals surface area contributed by atoms with Gasteiger partial charge in [-0.3, -0.25) is 10.1 Å². The lowest BCUT2D eigenvalue weighted by molar-refractivity contribution is 0.0977. The van der Waals surface area contributed by atoms with Gasteiger partial charge in [0.25, 0.3) is 5.91 Å². The van der Waals surface area contributed by atoms with Gasteiger partial charge in [-0.25, -0.2) is 4.98 Å². The molecule has 5 nitrogen and oxygen atoms in total. The van der Waals surface area contributed by atoms with E-state index >= 15 is 0 Å². The maximum Gasteiger partial charge on any atom is 0.257 e. The second-order valence-electron chi connectivity index (χ2n) is 6.13. The van der Waals surface area contributed by atoms with E-state index in [0.29, 0.717) is 28.2 Å². The molecule has 0 saturated heterocycles. The van der Waals surface area contributed by atoms with Crippen LogP contribution in [0.3, 0.4) is 0 Å². The molecular weight excluding hydrogens is 565 g/mol. The number of nitrogens with zero attached hydrogens (tertiary/aromatic N) is 1. The van der Waals surface area contributed by atoms with E-state index in [1.165, 1.54) is 0 Å². The lowest BCUT2D eigenvalue weighted by atomic mass is 10.2. The van der Waals surface area contributed by atoms with Crippen molar-refractivity contribution in [2.24, 2.45) is 0 Å². The zero-order valence-corrected chi connectivity index (χ0v) is 19.3. The first-order valence-corrected chi connectivity index (χ1v) is 10.8. The van der Waals surface area contributed by atoms with Crippen LogP contribution in [0.15, 0.2) is 75.6 Å². The summed E-state index contributed by atoms with van der Waals surface area (Å²) in [5.74, 6) is 0.272. The largest absolute Gasteiger partial charge is 0.436 e. The predicted molar refractivity (Wildman–Crippen MR) is 130 cm³/mol. The first kappa shape index (κ1) is 20.0. The van der Waals surface area contributed by atoms with Gasteiger partial charge in [-0.1, -0.05) is 28.1 Å². The van der Waals surface area contributed by atoms with E-state index in [4.69, 9.17) is 16.6 Å². The highest BCUT2D eigenvalue weighted by Crippen LogP contribution is 2.27. The lowest BCUT2D eigenvalue weighted by Crippen LogP contribution is -2.34. The fraction of sp³-hybridized carbons (Fsp3) is 0. The number of carbonyl (C=O) groups excluding carboxylic acids is 1. The molecule has 2 N–H and O–H groups in total. The van der Waals surface area contributed by atoms with E-state index in [2.05, 4.69) is 54.1 Å². The molecule has 0 fully saturated rings. The highest BCUT2D eigenvalue weighted by molar-refractivity contribution is 14.1. The van der Waals surface area contributed by atoms with Gasteiger partial charge in [-0.2, -0.15) is 0 Å². The number of fused-ring (bicyclic) bond motifs is 1. The van der Waals surface area contributed by atoms with Crippen molar-refractivity contribution in [3.05, 3.63) is 80.3 Å². The van der Waals surface area contributed by atoms with Crippen molar-refractivity contribution in [2.45, 2.75) is 0 Å². The number of rotatable bonds is 3. The molecule has 4 rings (SSSR count). The topological polar surface area (TPSA) is 67.2 Å². The van der Waals surface area contributed by atoms with Gasteiger partial charge >= 0.3 is 0 Å². The van der Waals surface area contributed by atoms with Gasteiger partial charge in [0.15, 0.2) is 10.7 Å². The molecule has 1 amide bonds. The van der Waals surface area contributed by atoms with Crippen molar-refractivity contribution in [2.75, 3.05) is 5.32 Å². The Balaban J connectivity index is 1.49. The van der Waals surface area contributed by atoms with Crippen molar-refractivity contribution in [1.29, 1.82) is 0 Å². The van der Waals surface area contributed by atoms with E-state index < -0.39 is 0 Å². The van der Waals surface area contributed by atoms with Crippen LogP contribution in [0.4, 0.5) is 5.69 Å². The summed E-state index contributed by atoms with van der Waals surface area (Å²) in [7, 11) is 0. The Kier molecular flexibility index (Phi) is 5.93. The third-order valence-corrected chi connectivity index (χ3v) is 5.40. The average Bonchev–Trinajstić information content (AvgIpc) is 3.11. The Morgan fingerprint density at radius 3 is 2.69 bits per heavy atom. The minimum Gasteiger partial charge on any atom is -0.436 e. The molecule has 0 aliphatic carbocycles. The van der Waals surface area contributed by atoms with Crippen LogP contribution in [-0.2, 0) is 0 Å². The zero-order valence-electron chi connectivity index (χ0n) is 14.8. The number of halogens is 2. The number of aromatic nitrogens is 1. The number of amides is 1. The summed E-state index contributed by atoms with van der Waals surface area (Å²) in [5, 5.41) is 5.91. The van der Waals surface area contributed by atoms with Gasteiger partial charge in [0.1, 0.15) is 5.52 Å². The third-order valence-electron chi connectivity index (χ3n) is 4.03. The van der Waals surface area contributed by atoms with Gasteiger partial charge in [0.2, 0.25) is 5.89 Å². The maximum absolute atomic E-state index is 12.3. The highest BCUT2D eigenvalue weighted by atomic mass is 127. The van der Waals surface area contributed by atoms with Crippen LogP contribution in [0.5, 0.6) is 0 Å². The number of thiocarbonyl (C=S) groups is 1. The molecule has 0 saturated carbocycles. The number of anilines is 1. The number of carbonyl (C=O) groups is 1. The number of benzene rings is 3. The fourth-order valence-corrected chi connectivity index (χ4v) is 3.87. The monoisotopic (exact) mass is 577 g/mol. The fourth-order valence-electron chi connectivity index (χ4n) is 2.72. The second kappa shape index (κ2) is 8.60. The first-order valence-electron chi connectivity index (χ1n) is 8.52. The quantitative estimate of drug-likeness (QED) is 0.231. The van der Waals surface area contributed by atoms with Crippen molar-refractivity contribution >= 4 is 78.5 Å². The van der Waals surface area contributed by atoms with Gasteiger partial charge < -0.3 is 9.73 Å². The van der Waals surface area contributed by atoms with Crippen LogP contribution < -0.4 is 10.6 Å². The summed E-state index contributed by atoms with van der Waals surface area (Å²) in [6.45, 7) is 0. The Labute approximate surface area is 194 Å². The standard InChI is InChI=1S/C21H13BrIN3O2S/c22-14-5-1-4-13(9-14)20-25-17-11-16(7-8-18(17)28-20)24-21(29)26-19(27)12-3-2-6-15(23)10-12/h1-11H,(H2,24,26,27,29). The molecule has 0 atom stereocenters. The van der Waals surface area contributed by atoms with E-state index in [-0.39, 0.29) is 11.0 Å². The minimum absolute atomic E-state index is 0.212. The van der Waals surface area contributed by atoms with Crippen molar-refractivity contribution in [3.63, 3.8) is 0 Å². The molecule has 0 aliphatic rings. The van der Waals surface area contributed by atoms with Crippen molar-refractivity contribution in [1.82, 2.24) is 10.3 Å². The van der Waals surface area contributed by atoms with E-state index in [1.807, 2.05) is 54.6 Å². The Morgan fingerprint density at radius 2 is 1.90 bits per heavy atom. The summed E-state index contributed by atoms with van der Waals surface area (Å²) in [6.07, 6.45) is 0. The SMILES string of the molecule is O=C(NC(=S)Nc1ccc2oc(-c3cccc(Br)c3)nc2c1)c1cccc(I)c1. The zero-order chi connectivity index (χ0) is 20.4. The van der Waals surface area contributed by atoms with Crippen LogP contribution in [-0.4, -0.2) is 16.0 Å². The molecule has 8 heteroatoms. The van der Waals surface area contributed by atoms with Gasteiger partial charge in [0, 0.05) is 24.9 Å². The second-order valence-corrected chi connectivity index (χ2v) is 8.70. The van der Waals surface area contributed by atoms with E-state index in [1.54, 1.807) is 12.1 Å². The number of oxazole rings is 1. The number of nitrogens with one attached hydrogen (secondary N) is 2. The molecule has 144 valence electrons. The van der Waals surface area contributed by atoms with Gasteiger partial charge in [-0.05, 0) is 89.4 Å². The van der Waals surface area contributed by atoms with Crippen LogP contribution in [0.2, 0.25) is 0 Å². The Morgan fingerprint density at radius 1 is 1.07 bits per heavy atom. The Bertz CT molecular complexity index is 1240. The maximum atomic E-state index is 12.3. The first-order chi connectivity index (χ1) is 14.0. The molecule has 1 aromatic heterocycles. The van der Waals surface area contributed by atoms with Crippen LogP contribution >= 0.6 is 50.7 Å². The van der Waals surface area contributed by atoms with Gasteiger partial charge in [0.05, 0.1) is 0 Å². The molecule has 3 aromatic carbocycles. The third kappa shape index (κ3) is 4.82. The summed E-state index contributed by atoms with van der Waals surface area (Å²) < 4.78 is 7.77. The number of hydrogen-bond acceptors (Lipinski definition) is 4. The summed E-state index contributed by atoms with van der Waals surface area (Å²) in [4.78, 5) is 16.9. The average molecular weight is 578 g/mol. The summed E-state index contributed by atoms with van der Waals surface area (Å²) in [6, 6.07) is 20.5. The Hall–Kier alpha value is -2.30. The van der Waals surface area contributed by atoms with Crippen LogP contribution in [0.1, 0.15) is 10.4 Å². The molecule has 4 aromatic rings. The number of hydrogen-bond donors (Lipinski definition) is 2. The van der Waals surface area contributed by atoms with Crippen molar-refractivity contribution in [3.8, 4) is 11.5 Å². The summed E-state index contributed by atoms with van der Waals surface area (Å²) >= 11 is 10.9. The van der Waals surface area contributed by atoms with E-state index in [9.17, 15) is 4.79 Å². The van der Waals surface area contributed by atoms with Gasteiger partial charge in [-0.15, -0.1) is 0 Å². The molecule has 0 unspecified atom stereocenters. The molecule has 0 radical (unpaired) electrons. The lowest BCUT2D eigenvalue weighted by Gasteiger charge is -2.09. The van der Waals surface area contributed by atoms with E-state index in [0.717, 1.165) is 13.6 Å². The van der Waals surface area contributed by atoms with Crippen molar-refractivity contribution < 1.29 is 9.21 Å². The smallest absolute Gasteiger partial charge is 0.257 e. The van der Waals surface area contributed by atoms with Crippen LogP contribution in [0.25, 0.3) is 22.6 Å². The molecular formula is C21H13BrIN3O2S. The molecule has 0 spiro atoms.